The summed E-state index contributed by atoms with van der Waals surface area (Å²) in [5.74, 6) is -0.241. The number of carbonyl (C=O) groups is 1. The predicted molar refractivity (Wildman–Crippen MR) is 120 cm³/mol. The molecule has 7 heteroatoms. The maximum Gasteiger partial charge on any atom is 0.352 e. The van der Waals surface area contributed by atoms with Crippen molar-refractivity contribution >= 4 is 22.6 Å². The van der Waals surface area contributed by atoms with Gasteiger partial charge in [0.25, 0.3) is 0 Å². The first-order chi connectivity index (χ1) is 15.5. The molecule has 0 aliphatic heterocycles. The van der Waals surface area contributed by atoms with Crippen LogP contribution in [-0.4, -0.2) is 28.0 Å². The number of halogens is 1. The molecule has 0 aliphatic rings. The smallest absolute Gasteiger partial charge is 0.352 e. The quantitative estimate of drug-likeness (QED) is 0.286. The van der Waals surface area contributed by atoms with Gasteiger partial charge in [-0.05, 0) is 55.5 Å². The first-order valence-corrected chi connectivity index (χ1v) is 10.1. The van der Waals surface area contributed by atoms with Crippen molar-refractivity contribution in [2.24, 2.45) is 5.16 Å². The first-order valence-electron chi connectivity index (χ1n) is 10.1. The number of carboxylic acids is 1. The molecule has 0 atom stereocenters. The Morgan fingerprint density at radius 2 is 1.78 bits per heavy atom. The standard InChI is InChI=1S/C25H21FN2O4/c1-2-31-27-22(17-7-6-10-21(14-17)32-20-8-4-3-5-9-20)16-28-23-12-11-19(26)13-18(23)15-24(28)25(29)30/h3-15H,2,16H2,1H3,(H,29,30). The maximum absolute atomic E-state index is 13.7. The highest BCUT2D eigenvalue weighted by atomic mass is 19.1. The molecule has 1 heterocycles. The second-order valence-corrected chi connectivity index (χ2v) is 7.02. The van der Waals surface area contributed by atoms with E-state index in [-0.39, 0.29) is 12.2 Å². The number of ether oxygens (including phenoxy) is 1. The Balaban J connectivity index is 1.73. The Labute approximate surface area is 184 Å². The van der Waals surface area contributed by atoms with E-state index in [0.29, 0.717) is 40.3 Å². The zero-order valence-corrected chi connectivity index (χ0v) is 17.4. The topological polar surface area (TPSA) is 73.1 Å². The lowest BCUT2D eigenvalue weighted by atomic mass is 10.1. The van der Waals surface area contributed by atoms with Crippen LogP contribution in [-0.2, 0) is 11.4 Å². The monoisotopic (exact) mass is 432 g/mol. The summed E-state index contributed by atoms with van der Waals surface area (Å²) in [4.78, 5) is 17.2. The van der Waals surface area contributed by atoms with Gasteiger partial charge in [0, 0.05) is 16.5 Å². The van der Waals surface area contributed by atoms with Crippen LogP contribution in [0, 0.1) is 5.82 Å². The third-order valence-electron chi connectivity index (χ3n) is 4.84. The van der Waals surface area contributed by atoms with Crippen LogP contribution in [0.2, 0.25) is 0 Å². The number of benzene rings is 3. The van der Waals surface area contributed by atoms with Gasteiger partial charge in [-0.3, -0.25) is 0 Å². The second-order valence-electron chi connectivity index (χ2n) is 7.02. The molecule has 6 nitrogen and oxygen atoms in total. The van der Waals surface area contributed by atoms with Gasteiger partial charge in [0.05, 0.1) is 6.54 Å². The molecule has 1 N–H and O–H groups in total. The lowest BCUT2D eigenvalue weighted by Gasteiger charge is -2.13. The van der Waals surface area contributed by atoms with Crippen molar-refractivity contribution in [1.29, 1.82) is 0 Å². The van der Waals surface area contributed by atoms with E-state index in [1.54, 1.807) is 10.6 Å². The summed E-state index contributed by atoms with van der Waals surface area (Å²) in [6, 6.07) is 22.3. The number of para-hydroxylation sites is 1. The summed E-state index contributed by atoms with van der Waals surface area (Å²) in [6.07, 6.45) is 0. The van der Waals surface area contributed by atoms with E-state index in [4.69, 9.17) is 9.57 Å². The van der Waals surface area contributed by atoms with Crippen molar-refractivity contribution in [1.82, 2.24) is 4.57 Å². The molecule has 1 aromatic heterocycles. The van der Waals surface area contributed by atoms with E-state index in [1.807, 2.05) is 61.5 Å². The van der Waals surface area contributed by atoms with E-state index in [0.717, 1.165) is 0 Å². The molecule has 0 fully saturated rings. The van der Waals surface area contributed by atoms with Crippen molar-refractivity contribution in [3.63, 3.8) is 0 Å². The van der Waals surface area contributed by atoms with Crippen molar-refractivity contribution < 1.29 is 23.9 Å². The number of aromatic nitrogens is 1. The molecule has 0 spiro atoms. The fourth-order valence-corrected chi connectivity index (χ4v) is 3.42. The molecular formula is C25H21FN2O4. The average Bonchev–Trinajstić information content (AvgIpc) is 3.15. The van der Waals surface area contributed by atoms with Gasteiger partial charge in [0.1, 0.15) is 35.3 Å². The molecule has 4 rings (SSSR count). The van der Waals surface area contributed by atoms with Crippen molar-refractivity contribution in [3.05, 3.63) is 95.9 Å². The zero-order valence-electron chi connectivity index (χ0n) is 17.4. The lowest BCUT2D eigenvalue weighted by molar-refractivity contribution is 0.0686. The van der Waals surface area contributed by atoms with E-state index < -0.39 is 11.8 Å². The zero-order chi connectivity index (χ0) is 22.5. The minimum atomic E-state index is -1.11. The maximum atomic E-state index is 13.7. The fraction of sp³-hybridized carbons (Fsp3) is 0.120. The third kappa shape index (κ3) is 4.62. The van der Waals surface area contributed by atoms with Crippen LogP contribution in [0.1, 0.15) is 23.0 Å². The van der Waals surface area contributed by atoms with Gasteiger partial charge in [0.15, 0.2) is 0 Å². The van der Waals surface area contributed by atoms with Crippen LogP contribution in [0.3, 0.4) is 0 Å². The molecule has 32 heavy (non-hydrogen) atoms. The van der Waals surface area contributed by atoms with Crippen molar-refractivity contribution in [2.45, 2.75) is 13.5 Å². The lowest BCUT2D eigenvalue weighted by Crippen LogP contribution is -2.17. The summed E-state index contributed by atoms with van der Waals surface area (Å²) in [5, 5.41) is 14.4. The minimum absolute atomic E-state index is 0.0338. The highest BCUT2D eigenvalue weighted by molar-refractivity contribution is 6.02. The first kappa shape index (κ1) is 21.1. The Morgan fingerprint density at radius 1 is 1.00 bits per heavy atom. The Kier molecular flexibility index (Phi) is 6.17. The van der Waals surface area contributed by atoms with Gasteiger partial charge in [-0.25, -0.2) is 9.18 Å². The number of carboxylic acid groups (broad SMARTS) is 1. The number of nitrogens with zero attached hydrogens (tertiary/aromatic N) is 2. The Morgan fingerprint density at radius 3 is 2.53 bits per heavy atom. The number of hydrogen-bond acceptors (Lipinski definition) is 4. The SMILES string of the molecule is CCON=C(Cn1c(C(=O)O)cc2cc(F)ccc21)c1cccc(Oc2ccccc2)c1. The molecule has 0 bridgehead atoms. The van der Waals surface area contributed by atoms with E-state index in [1.165, 1.54) is 18.2 Å². The van der Waals surface area contributed by atoms with E-state index >= 15 is 0 Å². The number of aromatic carboxylic acids is 1. The number of fused-ring (bicyclic) bond motifs is 1. The molecule has 4 aromatic rings. The summed E-state index contributed by atoms with van der Waals surface area (Å²) in [7, 11) is 0. The molecule has 0 amide bonds. The molecule has 0 saturated carbocycles. The number of rotatable bonds is 8. The normalized spacial score (nSPS) is 11.5. The average molecular weight is 432 g/mol. The molecule has 0 unspecified atom stereocenters. The van der Waals surface area contributed by atoms with Gasteiger partial charge < -0.3 is 19.2 Å². The Bertz CT molecular complexity index is 1280. The molecule has 162 valence electrons. The summed E-state index contributed by atoms with van der Waals surface area (Å²) in [5.41, 5.74) is 1.85. The number of oxime groups is 1. The van der Waals surface area contributed by atoms with Gasteiger partial charge in [0.2, 0.25) is 0 Å². The van der Waals surface area contributed by atoms with Crippen LogP contribution < -0.4 is 4.74 Å². The van der Waals surface area contributed by atoms with Gasteiger partial charge in [-0.2, -0.15) is 0 Å². The van der Waals surface area contributed by atoms with E-state index in [9.17, 15) is 14.3 Å². The minimum Gasteiger partial charge on any atom is -0.477 e. The molecule has 0 aliphatic carbocycles. The second kappa shape index (κ2) is 9.34. The summed E-state index contributed by atoms with van der Waals surface area (Å²) < 4.78 is 21.2. The van der Waals surface area contributed by atoms with Gasteiger partial charge in [-0.15, -0.1) is 0 Å². The third-order valence-corrected chi connectivity index (χ3v) is 4.84. The predicted octanol–water partition coefficient (Wildman–Crippen LogP) is 5.71. The molecule has 0 saturated heterocycles. The summed E-state index contributed by atoms with van der Waals surface area (Å²) >= 11 is 0. The van der Waals surface area contributed by atoms with Gasteiger partial charge >= 0.3 is 5.97 Å². The van der Waals surface area contributed by atoms with Crippen molar-refractivity contribution in [3.8, 4) is 11.5 Å². The van der Waals surface area contributed by atoms with E-state index in [2.05, 4.69) is 5.16 Å². The molecular weight excluding hydrogens is 411 g/mol. The molecule has 0 radical (unpaired) electrons. The largest absolute Gasteiger partial charge is 0.477 e. The van der Waals surface area contributed by atoms with Gasteiger partial charge in [-0.1, -0.05) is 35.5 Å². The highest BCUT2D eigenvalue weighted by Crippen LogP contribution is 2.25. The Hall–Kier alpha value is -4.13. The highest BCUT2D eigenvalue weighted by Gasteiger charge is 2.18. The van der Waals surface area contributed by atoms with Crippen LogP contribution in [0.5, 0.6) is 11.5 Å². The fourth-order valence-electron chi connectivity index (χ4n) is 3.42. The summed E-state index contributed by atoms with van der Waals surface area (Å²) in [6.45, 7) is 2.28. The van der Waals surface area contributed by atoms with Crippen LogP contribution in [0.4, 0.5) is 4.39 Å². The molecule has 3 aromatic carbocycles. The van der Waals surface area contributed by atoms with Crippen LogP contribution in [0.15, 0.2) is 84.0 Å². The van der Waals surface area contributed by atoms with Crippen LogP contribution in [0.25, 0.3) is 10.9 Å². The number of hydrogen-bond donors (Lipinski definition) is 1. The van der Waals surface area contributed by atoms with Crippen molar-refractivity contribution in [2.75, 3.05) is 6.61 Å². The van der Waals surface area contributed by atoms with Crippen LogP contribution >= 0.6 is 0 Å².